The highest BCUT2D eigenvalue weighted by Gasteiger charge is 2.42. The first-order valence-corrected chi connectivity index (χ1v) is 9.82. The Balaban J connectivity index is 1.85. The van der Waals surface area contributed by atoms with Crippen LogP contribution in [0.15, 0.2) is 73.1 Å². The van der Waals surface area contributed by atoms with E-state index < -0.39 is 29.1 Å². The molecule has 2 aromatic heterocycles. The van der Waals surface area contributed by atoms with Crippen LogP contribution in [0.25, 0.3) is 10.9 Å². The minimum absolute atomic E-state index is 0.0451. The van der Waals surface area contributed by atoms with Gasteiger partial charge in [0.15, 0.2) is 0 Å². The molecule has 0 bridgehead atoms. The molecule has 0 fully saturated rings. The molecule has 2 aromatic carbocycles. The zero-order valence-corrected chi connectivity index (χ0v) is 17.1. The predicted octanol–water partition coefficient (Wildman–Crippen LogP) is 5.58. The second-order valence-electron chi connectivity index (χ2n) is 6.97. The van der Waals surface area contributed by atoms with Gasteiger partial charge < -0.3 is 9.88 Å². The average Bonchev–Trinajstić information content (AvgIpc) is 3.10. The number of para-hydroxylation sites is 1. The van der Waals surface area contributed by atoms with E-state index in [-0.39, 0.29) is 23.1 Å². The summed E-state index contributed by atoms with van der Waals surface area (Å²) in [7, 11) is 0. The Morgan fingerprint density at radius 2 is 1.62 bits per heavy atom. The molecule has 0 aliphatic heterocycles. The fourth-order valence-corrected chi connectivity index (χ4v) is 3.63. The molecule has 0 aliphatic rings. The number of aromatic nitrogens is 2. The van der Waals surface area contributed by atoms with Crippen LogP contribution in [0.1, 0.15) is 21.6 Å². The maximum absolute atomic E-state index is 14.2. The van der Waals surface area contributed by atoms with Gasteiger partial charge in [0.1, 0.15) is 5.69 Å². The maximum Gasteiger partial charge on any atom is 0.432 e. The van der Waals surface area contributed by atoms with Crippen LogP contribution in [-0.2, 0) is 17.5 Å². The van der Waals surface area contributed by atoms with Gasteiger partial charge in [-0.2, -0.15) is 13.2 Å². The van der Waals surface area contributed by atoms with Crippen molar-refractivity contribution in [3.8, 4) is 0 Å². The van der Waals surface area contributed by atoms with Crippen molar-refractivity contribution >= 4 is 39.9 Å². The van der Waals surface area contributed by atoms with Crippen molar-refractivity contribution in [1.29, 1.82) is 0 Å². The van der Waals surface area contributed by atoms with E-state index in [1.807, 2.05) is 0 Å². The standard InChI is InChI=1S/C23H15ClF3N3O2/c24-15-7-5-14(6-8-15)13-30-18-4-2-1-3-17(18)19(21(30)23(25,26)27)20(31)22(32)29-16-9-11-28-12-10-16/h1-12H,13H2,(H,28,29,32). The number of pyridine rings is 1. The van der Waals surface area contributed by atoms with Crippen molar-refractivity contribution in [2.45, 2.75) is 12.7 Å². The Bertz CT molecular complexity index is 1300. The van der Waals surface area contributed by atoms with Gasteiger partial charge in [0.05, 0.1) is 5.56 Å². The summed E-state index contributed by atoms with van der Waals surface area (Å²) in [5, 5.41) is 2.82. The van der Waals surface area contributed by atoms with Crippen molar-refractivity contribution in [1.82, 2.24) is 9.55 Å². The van der Waals surface area contributed by atoms with Crippen LogP contribution in [0.4, 0.5) is 18.9 Å². The van der Waals surface area contributed by atoms with Gasteiger partial charge in [-0.25, -0.2) is 0 Å². The zero-order valence-electron chi connectivity index (χ0n) is 16.4. The Morgan fingerprint density at radius 1 is 0.969 bits per heavy atom. The van der Waals surface area contributed by atoms with Crippen molar-refractivity contribution in [3.05, 3.63) is 94.9 Å². The molecule has 0 radical (unpaired) electrons. The number of alkyl halides is 3. The third kappa shape index (κ3) is 4.22. The summed E-state index contributed by atoms with van der Waals surface area (Å²) in [6, 6.07) is 15.2. The SMILES string of the molecule is O=C(Nc1ccncc1)C(=O)c1c(C(F)(F)F)n(Cc2ccc(Cl)cc2)c2ccccc12. The van der Waals surface area contributed by atoms with Crippen molar-refractivity contribution < 1.29 is 22.8 Å². The van der Waals surface area contributed by atoms with Gasteiger partial charge in [-0.15, -0.1) is 0 Å². The number of fused-ring (bicyclic) bond motifs is 1. The average molecular weight is 458 g/mol. The first-order chi connectivity index (χ1) is 15.3. The number of amides is 1. The van der Waals surface area contributed by atoms with E-state index in [0.717, 1.165) is 4.57 Å². The summed E-state index contributed by atoms with van der Waals surface area (Å²) in [5.74, 6) is -2.45. The lowest BCUT2D eigenvalue weighted by Crippen LogP contribution is -2.26. The summed E-state index contributed by atoms with van der Waals surface area (Å²) in [4.78, 5) is 29.3. The van der Waals surface area contributed by atoms with Crippen LogP contribution in [0.2, 0.25) is 5.02 Å². The largest absolute Gasteiger partial charge is 0.432 e. The van der Waals surface area contributed by atoms with Crippen LogP contribution >= 0.6 is 11.6 Å². The number of carbonyl (C=O) groups excluding carboxylic acids is 2. The number of nitrogens with zero attached hydrogens (tertiary/aromatic N) is 2. The van der Waals surface area contributed by atoms with E-state index in [0.29, 0.717) is 10.6 Å². The highest BCUT2D eigenvalue weighted by atomic mass is 35.5. The van der Waals surface area contributed by atoms with E-state index in [2.05, 4.69) is 10.3 Å². The summed E-state index contributed by atoms with van der Waals surface area (Å²) >= 11 is 5.88. The molecule has 162 valence electrons. The number of ketones is 1. The van der Waals surface area contributed by atoms with Gasteiger partial charge in [0.2, 0.25) is 0 Å². The number of hydrogen-bond donors (Lipinski definition) is 1. The molecule has 5 nitrogen and oxygen atoms in total. The zero-order chi connectivity index (χ0) is 22.9. The highest BCUT2D eigenvalue weighted by Crippen LogP contribution is 2.39. The van der Waals surface area contributed by atoms with Gasteiger partial charge in [0, 0.05) is 40.6 Å². The summed E-state index contributed by atoms with van der Waals surface area (Å²) in [6.07, 6.45) is -2.11. The van der Waals surface area contributed by atoms with Gasteiger partial charge in [-0.1, -0.05) is 41.9 Å². The fourth-order valence-electron chi connectivity index (χ4n) is 3.50. The molecule has 0 spiro atoms. The smallest absolute Gasteiger partial charge is 0.332 e. The number of benzene rings is 2. The van der Waals surface area contributed by atoms with E-state index >= 15 is 0 Å². The van der Waals surface area contributed by atoms with Gasteiger partial charge in [0.25, 0.3) is 11.7 Å². The number of carbonyl (C=O) groups is 2. The molecule has 0 saturated carbocycles. The molecule has 1 amide bonds. The molecule has 32 heavy (non-hydrogen) atoms. The van der Waals surface area contributed by atoms with E-state index in [1.54, 1.807) is 30.3 Å². The predicted molar refractivity (Wildman–Crippen MR) is 115 cm³/mol. The maximum atomic E-state index is 14.2. The minimum atomic E-state index is -4.88. The molecular weight excluding hydrogens is 443 g/mol. The molecule has 4 aromatic rings. The lowest BCUT2D eigenvalue weighted by Gasteiger charge is -2.15. The Hall–Kier alpha value is -3.65. The van der Waals surface area contributed by atoms with Crippen LogP contribution in [0, 0.1) is 0 Å². The van der Waals surface area contributed by atoms with Gasteiger partial charge >= 0.3 is 6.18 Å². The molecule has 0 aliphatic carbocycles. The molecule has 4 rings (SSSR count). The topological polar surface area (TPSA) is 64.0 Å². The summed E-state index contributed by atoms with van der Waals surface area (Å²) in [6.45, 7) is -0.161. The van der Waals surface area contributed by atoms with Crippen LogP contribution < -0.4 is 5.32 Å². The lowest BCUT2D eigenvalue weighted by molar-refractivity contribution is -0.143. The number of nitrogens with one attached hydrogen (secondary N) is 1. The molecule has 1 N–H and O–H groups in total. The van der Waals surface area contributed by atoms with Crippen molar-refractivity contribution in [2.75, 3.05) is 5.32 Å². The number of anilines is 1. The monoisotopic (exact) mass is 457 g/mol. The first kappa shape index (κ1) is 21.6. The summed E-state index contributed by atoms with van der Waals surface area (Å²) < 4.78 is 43.7. The van der Waals surface area contributed by atoms with Crippen LogP contribution in [0.3, 0.4) is 0 Å². The van der Waals surface area contributed by atoms with Crippen molar-refractivity contribution in [3.63, 3.8) is 0 Å². The summed E-state index contributed by atoms with van der Waals surface area (Å²) in [5.41, 5.74) is -0.871. The number of Topliss-reactive ketones (excluding diaryl/α,β-unsaturated/α-hetero) is 1. The van der Waals surface area contributed by atoms with E-state index in [4.69, 9.17) is 11.6 Å². The normalized spacial score (nSPS) is 11.5. The molecule has 9 heteroatoms. The second kappa shape index (κ2) is 8.47. The number of hydrogen-bond acceptors (Lipinski definition) is 3. The molecule has 0 saturated heterocycles. The quantitative estimate of drug-likeness (QED) is 0.314. The Labute approximate surface area is 185 Å². The fraction of sp³-hybridized carbons (Fsp3) is 0.0870. The Kier molecular flexibility index (Phi) is 5.71. The molecular formula is C23H15ClF3N3O2. The number of halogens is 4. The number of rotatable bonds is 5. The third-order valence-corrected chi connectivity index (χ3v) is 5.12. The van der Waals surface area contributed by atoms with Crippen LogP contribution in [0.5, 0.6) is 0 Å². The van der Waals surface area contributed by atoms with Crippen LogP contribution in [-0.4, -0.2) is 21.2 Å². The van der Waals surface area contributed by atoms with Crippen molar-refractivity contribution in [2.24, 2.45) is 0 Å². The Morgan fingerprint density at radius 3 is 2.28 bits per heavy atom. The molecule has 0 atom stereocenters. The lowest BCUT2D eigenvalue weighted by atomic mass is 10.1. The second-order valence-corrected chi connectivity index (χ2v) is 7.41. The molecule has 0 unspecified atom stereocenters. The first-order valence-electron chi connectivity index (χ1n) is 9.44. The van der Waals surface area contributed by atoms with Gasteiger partial charge in [-0.05, 0) is 35.9 Å². The highest BCUT2D eigenvalue weighted by molar-refractivity contribution is 6.48. The van der Waals surface area contributed by atoms with E-state index in [1.165, 1.54) is 42.7 Å². The molecule has 2 heterocycles. The minimum Gasteiger partial charge on any atom is -0.332 e. The third-order valence-electron chi connectivity index (χ3n) is 4.86. The van der Waals surface area contributed by atoms with E-state index in [9.17, 15) is 22.8 Å². The van der Waals surface area contributed by atoms with Gasteiger partial charge in [-0.3, -0.25) is 14.6 Å².